The average Bonchev–Trinajstić information content (AvgIpc) is 3.38. The van der Waals surface area contributed by atoms with Crippen LogP contribution in [0.25, 0.3) is 0 Å². The van der Waals surface area contributed by atoms with Crippen LogP contribution in [0, 0.1) is 0 Å². The van der Waals surface area contributed by atoms with Gasteiger partial charge in [-0.05, 0) is 96.3 Å². The molecule has 0 aromatic rings. The van der Waals surface area contributed by atoms with Crippen molar-refractivity contribution in [2.75, 3.05) is 19.8 Å². The van der Waals surface area contributed by atoms with E-state index < -0.39 is 6.10 Å². The molecule has 0 bridgehead atoms. The number of rotatable bonds is 55. The second kappa shape index (κ2) is 61.9. The van der Waals surface area contributed by atoms with E-state index in [1.165, 1.54) is 141 Å². The van der Waals surface area contributed by atoms with Crippen LogP contribution in [0.3, 0.4) is 0 Å². The van der Waals surface area contributed by atoms with Crippen LogP contribution in [0.2, 0.25) is 0 Å². The second-order valence-corrected chi connectivity index (χ2v) is 19.8. The third kappa shape index (κ3) is 59.1. The minimum absolute atomic E-state index is 0.0549. The van der Waals surface area contributed by atoms with Crippen LogP contribution in [0.4, 0.5) is 0 Å². The molecule has 0 spiro atoms. The first-order valence-electron chi connectivity index (χ1n) is 30.4. The average molecular weight is 1000 g/mol. The van der Waals surface area contributed by atoms with Gasteiger partial charge in [0.15, 0.2) is 6.10 Å². The maximum absolute atomic E-state index is 12.9. The fraction of sp³-hybridized carbons (Fsp3) is 0.701. The summed E-state index contributed by atoms with van der Waals surface area (Å²) >= 11 is 0. The van der Waals surface area contributed by atoms with Gasteiger partial charge in [0, 0.05) is 19.4 Å². The van der Waals surface area contributed by atoms with Gasteiger partial charge in [-0.3, -0.25) is 9.59 Å². The normalized spacial score (nSPS) is 13.0. The molecule has 0 amide bonds. The van der Waals surface area contributed by atoms with E-state index in [1.807, 2.05) is 0 Å². The van der Waals surface area contributed by atoms with Crippen molar-refractivity contribution in [1.82, 2.24) is 0 Å². The Morgan fingerprint density at radius 2 is 0.639 bits per heavy atom. The van der Waals surface area contributed by atoms with E-state index in [1.54, 1.807) is 0 Å². The molecule has 5 nitrogen and oxygen atoms in total. The van der Waals surface area contributed by atoms with E-state index in [0.717, 1.165) is 103 Å². The molecule has 0 aromatic carbocycles. The van der Waals surface area contributed by atoms with Gasteiger partial charge in [-0.15, -0.1) is 0 Å². The lowest BCUT2D eigenvalue weighted by Gasteiger charge is -2.18. The number of unbranched alkanes of at least 4 members (excludes halogenated alkanes) is 26. The van der Waals surface area contributed by atoms with Crippen LogP contribution >= 0.6 is 0 Å². The van der Waals surface area contributed by atoms with E-state index in [2.05, 4.69) is 130 Å². The van der Waals surface area contributed by atoms with E-state index in [4.69, 9.17) is 14.2 Å². The maximum atomic E-state index is 12.9. The lowest BCUT2D eigenvalue weighted by atomic mass is 10.0. The summed E-state index contributed by atoms with van der Waals surface area (Å²) in [6, 6.07) is 0. The number of ether oxygens (including phenoxy) is 3. The van der Waals surface area contributed by atoms with Gasteiger partial charge in [0.2, 0.25) is 0 Å². The molecule has 0 saturated carbocycles. The fourth-order valence-corrected chi connectivity index (χ4v) is 8.36. The summed E-state index contributed by atoms with van der Waals surface area (Å²) in [5, 5.41) is 0. The fourth-order valence-electron chi connectivity index (χ4n) is 8.36. The molecular formula is C67H114O5. The smallest absolute Gasteiger partial charge is 0.306 e. The molecule has 1 unspecified atom stereocenters. The molecule has 0 aliphatic rings. The highest BCUT2D eigenvalue weighted by Gasteiger charge is 2.17. The number of carbonyl (C=O) groups excluding carboxylic acids is 2. The van der Waals surface area contributed by atoms with Crippen molar-refractivity contribution in [3.8, 4) is 0 Å². The van der Waals surface area contributed by atoms with Crippen LogP contribution in [0.1, 0.15) is 278 Å². The maximum Gasteiger partial charge on any atom is 0.306 e. The predicted molar refractivity (Wildman–Crippen MR) is 316 cm³/mol. The van der Waals surface area contributed by atoms with Gasteiger partial charge in [-0.25, -0.2) is 0 Å². The molecule has 0 aliphatic heterocycles. The SMILES string of the molecule is CC/C=C\C/C=C\C/C=C\C/C=C\C/C=C\CCCC(=O)OC(COCCCCCCCCC/C=C\C/C=C\C/C=C\C/C=C\CC)COC(=O)CCCCCCCCCCCCCCCCCCCCC. The van der Waals surface area contributed by atoms with Crippen molar-refractivity contribution in [2.24, 2.45) is 0 Å². The molecule has 0 rings (SSSR count). The standard InChI is InChI=1S/C67H114O5/c1-4-7-10-13-16-19-22-25-28-31-33-35-38-41-44-47-50-53-56-59-62-70-63-65(72-67(69)61-58-55-52-49-46-43-40-36-30-27-24-21-18-15-12-9-6-3)64-71-66(68)60-57-54-51-48-45-42-39-37-34-32-29-26-23-20-17-14-11-8-5-2/h7,9-10,12,16,18-19,21,25,27-28,30,33,35,40,43,49,52,65H,4-6,8,11,13-15,17,20,22-24,26,29,31-32,34,36-39,41-42,44-48,50-51,53-64H2,1-3H3/b10-7-,12-9-,19-16-,21-18-,28-25-,30-27-,35-33-,43-40-,52-49-. The van der Waals surface area contributed by atoms with Crippen LogP contribution in [-0.4, -0.2) is 37.9 Å². The Kier molecular flexibility index (Phi) is 58.9. The Morgan fingerprint density at radius 1 is 0.319 bits per heavy atom. The zero-order valence-electron chi connectivity index (χ0n) is 47.4. The zero-order valence-corrected chi connectivity index (χ0v) is 47.4. The van der Waals surface area contributed by atoms with Crippen molar-refractivity contribution >= 4 is 11.9 Å². The molecule has 0 aromatic heterocycles. The first-order chi connectivity index (χ1) is 35.6. The summed E-state index contributed by atoms with van der Waals surface area (Å²) in [4.78, 5) is 25.6. The van der Waals surface area contributed by atoms with Crippen LogP contribution in [0.15, 0.2) is 109 Å². The van der Waals surface area contributed by atoms with Gasteiger partial charge < -0.3 is 14.2 Å². The molecule has 0 radical (unpaired) electrons. The molecule has 412 valence electrons. The molecule has 72 heavy (non-hydrogen) atoms. The van der Waals surface area contributed by atoms with Crippen molar-refractivity contribution in [1.29, 1.82) is 0 Å². The molecule has 0 heterocycles. The Morgan fingerprint density at radius 3 is 1.04 bits per heavy atom. The Balaban J connectivity index is 4.37. The highest BCUT2D eigenvalue weighted by atomic mass is 16.6. The molecule has 0 saturated heterocycles. The van der Waals surface area contributed by atoms with Crippen molar-refractivity contribution in [3.63, 3.8) is 0 Å². The number of carbonyl (C=O) groups is 2. The third-order valence-electron chi connectivity index (χ3n) is 12.8. The van der Waals surface area contributed by atoms with Gasteiger partial charge in [0.25, 0.3) is 0 Å². The summed E-state index contributed by atoms with van der Waals surface area (Å²) in [6.45, 7) is 7.54. The minimum Gasteiger partial charge on any atom is -0.462 e. The van der Waals surface area contributed by atoms with Crippen molar-refractivity contribution in [3.05, 3.63) is 109 Å². The monoisotopic (exact) mass is 999 g/mol. The van der Waals surface area contributed by atoms with E-state index in [0.29, 0.717) is 19.4 Å². The van der Waals surface area contributed by atoms with E-state index >= 15 is 0 Å². The highest BCUT2D eigenvalue weighted by molar-refractivity contribution is 5.70. The molecule has 0 N–H and O–H groups in total. The Bertz CT molecular complexity index is 1410. The Labute approximate surface area is 446 Å². The summed E-state index contributed by atoms with van der Waals surface area (Å²) in [6.07, 6.45) is 85.6. The van der Waals surface area contributed by atoms with Crippen molar-refractivity contribution < 1.29 is 23.8 Å². The molecule has 5 heteroatoms. The van der Waals surface area contributed by atoms with Crippen molar-refractivity contribution in [2.45, 2.75) is 284 Å². The summed E-state index contributed by atoms with van der Waals surface area (Å²) < 4.78 is 17.5. The number of esters is 2. The van der Waals surface area contributed by atoms with Crippen LogP contribution in [0.5, 0.6) is 0 Å². The van der Waals surface area contributed by atoms with Gasteiger partial charge in [-0.1, -0.05) is 278 Å². The van der Waals surface area contributed by atoms with E-state index in [-0.39, 0.29) is 25.2 Å². The number of hydrogen-bond acceptors (Lipinski definition) is 5. The lowest BCUT2D eigenvalue weighted by Crippen LogP contribution is -2.30. The number of allylic oxidation sites excluding steroid dienone is 18. The van der Waals surface area contributed by atoms with Crippen LogP contribution < -0.4 is 0 Å². The van der Waals surface area contributed by atoms with Gasteiger partial charge in [0.1, 0.15) is 6.61 Å². The second-order valence-electron chi connectivity index (χ2n) is 19.8. The highest BCUT2D eigenvalue weighted by Crippen LogP contribution is 2.16. The molecule has 0 aliphatic carbocycles. The molecule has 0 fully saturated rings. The zero-order chi connectivity index (χ0) is 52.0. The number of hydrogen-bond donors (Lipinski definition) is 0. The van der Waals surface area contributed by atoms with Gasteiger partial charge >= 0.3 is 11.9 Å². The summed E-state index contributed by atoms with van der Waals surface area (Å²) in [7, 11) is 0. The van der Waals surface area contributed by atoms with E-state index in [9.17, 15) is 9.59 Å². The minimum atomic E-state index is -0.578. The summed E-state index contributed by atoms with van der Waals surface area (Å²) in [5.41, 5.74) is 0. The first-order valence-corrected chi connectivity index (χ1v) is 30.4. The largest absolute Gasteiger partial charge is 0.462 e. The Hall–Kier alpha value is -3.44. The molecular weight excluding hydrogens is 885 g/mol. The van der Waals surface area contributed by atoms with Crippen LogP contribution in [-0.2, 0) is 23.8 Å². The topological polar surface area (TPSA) is 61.8 Å². The quantitative estimate of drug-likeness (QED) is 0.0345. The van der Waals surface area contributed by atoms with Gasteiger partial charge in [-0.2, -0.15) is 0 Å². The summed E-state index contributed by atoms with van der Waals surface area (Å²) in [5.74, 6) is -0.465. The molecule has 1 atom stereocenters. The third-order valence-corrected chi connectivity index (χ3v) is 12.8. The first kappa shape index (κ1) is 68.6. The lowest BCUT2D eigenvalue weighted by molar-refractivity contribution is -0.162. The van der Waals surface area contributed by atoms with Gasteiger partial charge in [0.05, 0.1) is 6.61 Å². The predicted octanol–water partition coefficient (Wildman–Crippen LogP) is 21.1.